The largest absolute Gasteiger partial charge is 0.405 e. The third-order valence-corrected chi connectivity index (χ3v) is 3.00. The SMILES string of the molecule is C=C(/C=C\C=C\N)C1CCC1(C)C. The van der Waals surface area contributed by atoms with E-state index in [0.29, 0.717) is 11.3 Å². The summed E-state index contributed by atoms with van der Waals surface area (Å²) >= 11 is 0. The van der Waals surface area contributed by atoms with Gasteiger partial charge in [-0.2, -0.15) is 0 Å². The summed E-state index contributed by atoms with van der Waals surface area (Å²) in [5.41, 5.74) is 6.91. The minimum absolute atomic E-state index is 0.452. The molecule has 1 nitrogen and oxygen atoms in total. The second-order valence-corrected chi connectivity index (χ2v) is 4.40. The number of hydrogen-bond donors (Lipinski definition) is 1. The van der Waals surface area contributed by atoms with E-state index in [4.69, 9.17) is 5.73 Å². The van der Waals surface area contributed by atoms with Crippen LogP contribution in [0.25, 0.3) is 0 Å². The molecule has 0 aromatic rings. The van der Waals surface area contributed by atoms with Crippen molar-refractivity contribution in [2.24, 2.45) is 17.1 Å². The van der Waals surface area contributed by atoms with Gasteiger partial charge in [-0.25, -0.2) is 0 Å². The molecule has 1 aliphatic carbocycles. The summed E-state index contributed by atoms with van der Waals surface area (Å²) < 4.78 is 0. The van der Waals surface area contributed by atoms with Gasteiger partial charge in [0.15, 0.2) is 0 Å². The van der Waals surface area contributed by atoms with Gasteiger partial charge in [0.2, 0.25) is 0 Å². The lowest BCUT2D eigenvalue weighted by molar-refractivity contribution is 0.107. The first-order chi connectivity index (χ1) is 6.08. The molecule has 0 saturated heterocycles. The second-order valence-electron chi connectivity index (χ2n) is 4.40. The van der Waals surface area contributed by atoms with Gasteiger partial charge in [-0.15, -0.1) is 0 Å². The van der Waals surface area contributed by atoms with E-state index in [1.165, 1.54) is 24.6 Å². The summed E-state index contributed by atoms with van der Waals surface area (Å²) in [5, 5.41) is 0. The Hall–Kier alpha value is -0.980. The van der Waals surface area contributed by atoms with Crippen molar-refractivity contribution in [2.75, 3.05) is 0 Å². The third-order valence-electron chi connectivity index (χ3n) is 3.00. The molecule has 0 aromatic carbocycles. The molecule has 1 heteroatoms. The van der Waals surface area contributed by atoms with Gasteiger partial charge in [0.1, 0.15) is 0 Å². The topological polar surface area (TPSA) is 26.0 Å². The minimum Gasteiger partial charge on any atom is -0.405 e. The van der Waals surface area contributed by atoms with Crippen LogP contribution in [0.5, 0.6) is 0 Å². The maximum Gasteiger partial charge on any atom is -0.00624 e. The molecule has 1 aliphatic rings. The Balaban J connectivity index is 2.50. The van der Waals surface area contributed by atoms with Gasteiger partial charge in [-0.1, -0.05) is 38.2 Å². The van der Waals surface area contributed by atoms with Gasteiger partial charge in [-0.05, 0) is 36.5 Å². The van der Waals surface area contributed by atoms with Gasteiger partial charge in [0.25, 0.3) is 0 Å². The van der Waals surface area contributed by atoms with Crippen molar-refractivity contribution >= 4 is 0 Å². The number of allylic oxidation sites excluding steroid dienone is 4. The van der Waals surface area contributed by atoms with Crippen molar-refractivity contribution in [2.45, 2.75) is 26.7 Å². The molecular formula is C12H19N. The second kappa shape index (κ2) is 3.82. The van der Waals surface area contributed by atoms with Crippen LogP contribution in [-0.2, 0) is 0 Å². The molecule has 0 heterocycles. The van der Waals surface area contributed by atoms with E-state index in [9.17, 15) is 0 Å². The molecular weight excluding hydrogens is 158 g/mol. The van der Waals surface area contributed by atoms with E-state index in [0.717, 1.165) is 0 Å². The molecule has 1 atom stereocenters. The van der Waals surface area contributed by atoms with Crippen molar-refractivity contribution in [1.29, 1.82) is 0 Å². The van der Waals surface area contributed by atoms with Crippen LogP contribution >= 0.6 is 0 Å². The lowest BCUT2D eigenvalue weighted by Crippen LogP contribution is -2.35. The van der Waals surface area contributed by atoms with Crippen molar-refractivity contribution in [3.05, 3.63) is 36.6 Å². The number of hydrogen-bond acceptors (Lipinski definition) is 1. The molecule has 0 aliphatic heterocycles. The smallest absolute Gasteiger partial charge is 0.00624 e. The van der Waals surface area contributed by atoms with E-state index in [-0.39, 0.29) is 0 Å². The summed E-state index contributed by atoms with van der Waals surface area (Å²) in [6.07, 6.45) is 9.98. The molecule has 72 valence electrons. The Kier molecular flexibility index (Phi) is 2.97. The van der Waals surface area contributed by atoms with Crippen molar-refractivity contribution in [3.63, 3.8) is 0 Å². The number of nitrogens with two attached hydrogens (primary N) is 1. The maximum absolute atomic E-state index is 5.23. The molecule has 0 bridgehead atoms. The lowest BCUT2D eigenvalue weighted by atomic mass is 9.60. The highest BCUT2D eigenvalue weighted by Crippen LogP contribution is 2.49. The fourth-order valence-electron chi connectivity index (χ4n) is 1.91. The molecule has 1 rings (SSSR count). The molecule has 1 saturated carbocycles. The fourth-order valence-corrected chi connectivity index (χ4v) is 1.91. The molecule has 1 unspecified atom stereocenters. The van der Waals surface area contributed by atoms with Crippen LogP contribution in [0.1, 0.15) is 26.7 Å². The summed E-state index contributed by atoms with van der Waals surface area (Å²) in [4.78, 5) is 0. The zero-order chi connectivity index (χ0) is 9.90. The summed E-state index contributed by atoms with van der Waals surface area (Å²) in [6, 6.07) is 0. The van der Waals surface area contributed by atoms with E-state index in [2.05, 4.69) is 26.5 Å². The van der Waals surface area contributed by atoms with Crippen LogP contribution < -0.4 is 5.73 Å². The Bertz CT molecular complexity index is 246. The van der Waals surface area contributed by atoms with Crippen LogP contribution in [-0.4, -0.2) is 0 Å². The minimum atomic E-state index is 0.452. The quantitative estimate of drug-likeness (QED) is 0.659. The maximum atomic E-state index is 5.23. The summed E-state index contributed by atoms with van der Waals surface area (Å²) in [5.74, 6) is 0.662. The molecule has 2 N–H and O–H groups in total. The van der Waals surface area contributed by atoms with Crippen LogP contribution in [0, 0.1) is 11.3 Å². The first-order valence-corrected chi connectivity index (χ1v) is 4.81. The number of rotatable bonds is 3. The van der Waals surface area contributed by atoms with E-state index in [1.54, 1.807) is 0 Å². The van der Waals surface area contributed by atoms with E-state index < -0.39 is 0 Å². The van der Waals surface area contributed by atoms with Gasteiger partial charge in [0, 0.05) is 0 Å². The predicted octanol–water partition coefficient (Wildman–Crippen LogP) is 3.01. The van der Waals surface area contributed by atoms with Crippen LogP contribution in [0.3, 0.4) is 0 Å². The predicted molar refractivity (Wildman–Crippen MR) is 58.1 cm³/mol. The Labute approximate surface area is 81.0 Å². The first-order valence-electron chi connectivity index (χ1n) is 4.81. The van der Waals surface area contributed by atoms with Gasteiger partial charge in [0.05, 0.1) is 0 Å². The zero-order valence-electron chi connectivity index (χ0n) is 8.59. The first kappa shape index (κ1) is 10.1. The van der Waals surface area contributed by atoms with Crippen molar-refractivity contribution in [3.8, 4) is 0 Å². The third kappa shape index (κ3) is 2.24. The fraction of sp³-hybridized carbons (Fsp3) is 0.500. The highest BCUT2D eigenvalue weighted by molar-refractivity contribution is 5.25. The Morgan fingerprint density at radius 2 is 2.15 bits per heavy atom. The van der Waals surface area contributed by atoms with E-state index in [1.807, 2.05) is 12.2 Å². The average Bonchev–Trinajstić information content (AvgIpc) is 2.03. The van der Waals surface area contributed by atoms with Crippen LogP contribution in [0.2, 0.25) is 0 Å². The molecule has 0 aromatic heterocycles. The molecule has 1 fully saturated rings. The zero-order valence-corrected chi connectivity index (χ0v) is 8.59. The van der Waals surface area contributed by atoms with Crippen LogP contribution in [0.4, 0.5) is 0 Å². The molecule has 0 radical (unpaired) electrons. The van der Waals surface area contributed by atoms with Crippen molar-refractivity contribution < 1.29 is 0 Å². The Morgan fingerprint density at radius 3 is 2.54 bits per heavy atom. The van der Waals surface area contributed by atoms with E-state index >= 15 is 0 Å². The average molecular weight is 177 g/mol. The van der Waals surface area contributed by atoms with Crippen molar-refractivity contribution in [1.82, 2.24) is 0 Å². The van der Waals surface area contributed by atoms with Gasteiger partial charge in [-0.3, -0.25) is 0 Å². The highest BCUT2D eigenvalue weighted by Gasteiger charge is 2.38. The molecule has 0 spiro atoms. The molecule has 13 heavy (non-hydrogen) atoms. The highest BCUT2D eigenvalue weighted by atomic mass is 14.5. The van der Waals surface area contributed by atoms with Crippen LogP contribution in [0.15, 0.2) is 36.6 Å². The Morgan fingerprint density at radius 1 is 1.46 bits per heavy atom. The molecule has 0 amide bonds. The summed E-state index contributed by atoms with van der Waals surface area (Å²) in [6.45, 7) is 8.69. The monoisotopic (exact) mass is 177 g/mol. The van der Waals surface area contributed by atoms with Gasteiger partial charge >= 0.3 is 0 Å². The normalized spacial score (nSPS) is 26.5. The van der Waals surface area contributed by atoms with Gasteiger partial charge < -0.3 is 5.73 Å². The lowest BCUT2D eigenvalue weighted by Gasteiger charge is -2.45. The standard InChI is InChI=1S/C12H19N/c1-10(6-4-5-9-13)11-7-8-12(11,2)3/h4-6,9,11H,1,7-8,13H2,2-3H3/b6-4-,9-5+. The summed E-state index contributed by atoms with van der Waals surface area (Å²) in [7, 11) is 0.